The number of guanidine groups is 1. The molecule has 7 heteroatoms. The van der Waals surface area contributed by atoms with Crippen molar-refractivity contribution in [3.8, 4) is 0 Å². The summed E-state index contributed by atoms with van der Waals surface area (Å²) in [6, 6.07) is 8.98. The summed E-state index contributed by atoms with van der Waals surface area (Å²) in [5.74, 6) is 1.58. The lowest BCUT2D eigenvalue weighted by atomic mass is 9.93. The Morgan fingerprint density at radius 1 is 1.00 bits per heavy atom. The van der Waals surface area contributed by atoms with Gasteiger partial charge in [0.05, 0.1) is 0 Å². The molecule has 31 heavy (non-hydrogen) atoms. The summed E-state index contributed by atoms with van der Waals surface area (Å²) < 4.78 is 0. The van der Waals surface area contributed by atoms with Crippen LogP contribution in [0.15, 0.2) is 29.3 Å². The second-order valence-electron chi connectivity index (χ2n) is 8.74. The molecule has 1 amide bonds. The molecule has 172 valence electrons. The van der Waals surface area contributed by atoms with Crippen LogP contribution >= 0.6 is 0 Å². The number of piperazine rings is 1. The van der Waals surface area contributed by atoms with Crippen LogP contribution in [0.4, 0.5) is 0 Å². The number of benzene rings is 1. The zero-order valence-electron chi connectivity index (χ0n) is 19.6. The third-order valence-electron chi connectivity index (χ3n) is 6.67. The van der Waals surface area contributed by atoms with E-state index in [9.17, 15) is 4.79 Å². The summed E-state index contributed by atoms with van der Waals surface area (Å²) in [7, 11) is 3.56. The highest BCUT2D eigenvalue weighted by atomic mass is 16.1. The summed E-state index contributed by atoms with van der Waals surface area (Å²) in [4.78, 5) is 23.5. The normalized spacial score (nSPS) is 19.5. The van der Waals surface area contributed by atoms with Gasteiger partial charge in [0.1, 0.15) is 0 Å². The van der Waals surface area contributed by atoms with Gasteiger partial charge in [-0.2, -0.15) is 0 Å². The maximum absolute atomic E-state index is 11.6. The molecule has 0 atom stereocenters. The summed E-state index contributed by atoms with van der Waals surface area (Å²) in [6.07, 6.45) is 2.71. The Morgan fingerprint density at radius 3 is 2.19 bits per heavy atom. The minimum absolute atomic E-state index is 0.146. The second kappa shape index (κ2) is 12.1. The molecule has 2 saturated heterocycles. The van der Waals surface area contributed by atoms with Crippen molar-refractivity contribution >= 4 is 11.9 Å². The van der Waals surface area contributed by atoms with Gasteiger partial charge in [-0.3, -0.25) is 14.7 Å². The lowest BCUT2D eigenvalue weighted by molar-refractivity contribution is -0.121. The van der Waals surface area contributed by atoms with Gasteiger partial charge in [0.15, 0.2) is 5.96 Å². The Bertz CT molecular complexity index is 703. The largest absolute Gasteiger partial charge is 0.359 e. The number of nitrogens with one attached hydrogen (secondary N) is 2. The number of aliphatic imine (C=N–C) groups is 1. The van der Waals surface area contributed by atoms with Gasteiger partial charge < -0.3 is 20.4 Å². The molecule has 0 radical (unpaired) electrons. The fraction of sp³-hybridized carbons (Fsp3) is 0.667. The fourth-order valence-electron chi connectivity index (χ4n) is 4.51. The highest BCUT2D eigenvalue weighted by Crippen LogP contribution is 2.20. The number of carbonyl (C=O) groups is 1. The first-order chi connectivity index (χ1) is 15.1. The topological polar surface area (TPSA) is 63.2 Å². The van der Waals surface area contributed by atoms with Crippen LogP contribution in [0.3, 0.4) is 0 Å². The van der Waals surface area contributed by atoms with E-state index in [0.717, 1.165) is 64.6 Å². The van der Waals surface area contributed by atoms with Crippen molar-refractivity contribution in [1.82, 2.24) is 25.3 Å². The van der Waals surface area contributed by atoms with E-state index in [1.54, 1.807) is 7.05 Å². The molecule has 0 saturated carbocycles. The number of hydrogen-bond donors (Lipinski definition) is 2. The van der Waals surface area contributed by atoms with Crippen LogP contribution in [-0.2, 0) is 17.9 Å². The van der Waals surface area contributed by atoms with Gasteiger partial charge in [0, 0.05) is 72.9 Å². The van der Waals surface area contributed by atoms with Gasteiger partial charge in [-0.05, 0) is 36.4 Å². The molecule has 2 heterocycles. The smallest absolute Gasteiger partial charge is 0.220 e. The first kappa shape index (κ1) is 23.5. The van der Waals surface area contributed by atoms with Crippen LogP contribution in [0.2, 0.25) is 0 Å². The summed E-state index contributed by atoms with van der Waals surface area (Å²) in [5.41, 5.74) is 2.66. The fourth-order valence-corrected chi connectivity index (χ4v) is 4.51. The standard InChI is InChI=1S/C24H40N6O/c1-4-28-13-15-29(16-14-28)19-22-7-5-21(6-8-22)18-27-24(26-3)30-11-9-20(10-12-30)17-23(31)25-2/h5-8,20H,4,9-19H2,1-3H3,(H,25,31)(H,26,27). The van der Waals surface area contributed by atoms with Gasteiger partial charge >= 0.3 is 0 Å². The molecule has 1 aromatic rings. The summed E-state index contributed by atoms with van der Waals surface area (Å²) in [6.45, 7) is 11.8. The van der Waals surface area contributed by atoms with Gasteiger partial charge in [0.25, 0.3) is 0 Å². The molecule has 0 unspecified atom stereocenters. The van der Waals surface area contributed by atoms with Gasteiger partial charge in [-0.25, -0.2) is 0 Å². The minimum atomic E-state index is 0.146. The van der Waals surface area contributed by atoms with E-state index in [0.29, 0.717) is 12.3 Å². The Labute approximate surface area is 187 Å². The third-order valence-corrected chi connectivity index (χ3v) is 6.67. The van der Waals surface area contributed by atoms with E-state index in [-0.39, 0.29) is 5.91 Å². The van der Waals surface area contributed by atoms with Crippen LogP contribution in [0.25, 0.3) is 0 Å². The Hall–Kier alpha value is -2.12. The number of likely N-dealkylation sites (N-methyl/N-ethyl adjacent to an activating group) is 1. The third kappa shape index (κ3) is 7.21. The lowest BCUT2D eigenvalue weighted by Crippen LogP contribution is -2.45. The van der Waals surface area contributed by atoms with Crippen LogP contribution in [-0.4, -0.2) is 86.5 Å². The molecular formula is C24H40N6O. The van der Waals surface area contributed by atoms with Crippen molar-refractivity contribution in [1.29, 1.82) is 0 Å². The molecule has 0 aromatic heterocycles. The van der Waals surface area contributed by atoms with E-state index in [2.05, 4.69) is 61.5 Å². The Kier molecular flexibility index (Phi) is 9.15. The van der Waals surface area contributed by atoms with Crippen molar-refractivity contribution in [3.05, 3.63) is 35.4 Å². The van der Waals surface area contributed by atoms with E-state index in [1.165, 1.54) is 24.2 Å². The number of rotatable bonds is 7. The Morgan fingerprint density at radius 2 is 1.61 bits per heavy atom. The molecule has 0 spiro atoms. The monoisotopic (exact) mass is 428 g/mol. The highest BCUT2D eigenvalue weighted by Gasteiger charge is 2.23. The maximum Gasteiger partial charge on any atom is 0.220 e. The van der Waals surface area contributed by atoms with E-state index in [1.807, 2.05) is 7.05 Å². The predicted octanol–water partition coefficient (Wildman–Crippen LogP) is 1.75. The maximum atomic E-state index is 11.6. The van der Waals surface area contributed by atoms with Gasteiger partial charge in [-0.15, -0.1) is 0 Å². The van der Waals surface area contributed by atoms with Crippen molar-refractivity contribution in [2.45, 2.75) is 39.3 Å². The molecular weight excluding hydrogens is 388 g/mol. The molecule has 2 fully saturated rings. The second-order valence-corrected chi connectivity index (χ2v) is 8.74. The first-order valence-corrected chi connectivity index (χ1v) is 11.8. The molecule has 0 aliphatic carbocycles. The number of nitrogens with zero attached hydrogens (tertiary/aromatic N) is 4. The van der Waals surface area contributed by atoms with Crippen molar-refractivity contribution in [3.63, 3.8) is 0 Å². The van der Waals surface area contributed by atoms with Crippen LogP contribution in [0.5, 0.6) is 0 Å². The van der Waals surface area contributed by atoms with Crippen LogP contribution in [0.1, 0.15) is 37.3 Å². The van der Waals surface area contributed by atoms with Crippen molar-refractivity contribution in [2.24, 2.45) is 10.9 Å². The quantitative estimate of drug-likeness (QED) is 0.512. The number of amides is 1. The summed E-state index contributed by atoms with van der Waals surface area (Å²) in [5, 5.41) is 6.25. The van der Waals surface area contributed by atoms with Crippen LogP contribution < -0.4 is 10.6 Å². The Balaban J connectivity index is 1.41. The van der Waals surface area contributed by atoms with E-state index >= 15 is 0 Å². The van der Waals surface area contributed by atoms with Gasteiger partial charge in [-0.1, -0.05) is 31.2 Å². The molecule has 2 N–H and O–H groups in total. The van der Waals surface area contributed by atoms with E-state index < -0.39 is 0 Å². The highest BCUT2D eigenvalue weighted by molar-refractivity contribution is 5.80. The van der Waals surface area contributed by atoms with Gasteiger partial charge in [0.2, 0.25) is 5.91 Å². The summed E-state index contributed by atoms with van der Waals surface area (Å²) >= 11 is 0. The zero-order valence-corrected chi connectivity index (χ0v) is 19.6. The first-order valence-electron chi connectivity index (χ1n) is 11.8. The van der Waals surface area contributed by atoms with Crippen molar-refractivity contribution < 1.29 is 4.79 Å². The average Bonchev–Trinajstić information content (AvgIpc) is 2.82. The molecule has 7 nitrogen and oxygen atoms in total. The molecule has 2 aliphatic rings. The minimum Gasteiger partial charge on any atom is -0.359 e. The lowest BCUT2D eigenvalue weighted by Gasteiger charge is -2.34. The molecule has 1 aromatic carbocycles. The molecule has 0 bridgehead atoms. The van der Waals surface area contributed by atoms with Crippen molar-refractivity contribution in [2.75, 3.05) is 59.9 Å². The molecule has 2 aliphatic heterocycles. The zero-order chi connectivity index (χ0) is 22.1. The number of likely N-dealkylation sites (tertiary alicyclic amines) is 1. The number of hydrogen-bond acceptors (Lipinski definition) is 4. The molecule has 3 rings (SSSR count). The number of carbonyl (C=O) groups excluding carboxylic acids is 1. The average molecular weight is 429 g/mol. The van der Waals surface area contributed by atoms with Crippen LogP contribution in [0, 0.1) is 5.92 Å². The number of piperidine rings is 1. The predicted molar refractivity (Wildman–Crippen MR) is 127 cm³/mol. The SMILES string of the molecule is CCN1CCN(Cc2ccc(CNC(=NC)N3CCC(CC(=O)NC)CC3)cc2)CC1. The van der Waals surface area contributed by atoms with E-state index in [4.69, 9.17) is 0 Å².